The van der Waals surface area contributed by atoms with Gasteiger partial charge in [-0.3, -0.25) is 0 Å². The molecule has 0 spiro atoms. The maximum absolute atomic E-state index is 6.36. The van der Waals surface area contributed by atoms with Gasteiger partial charge in [-0.15, -0.1) is 0 Å². The molecule has 21 heavy (non-hydrogen) atoms. The Bertz CT molecular complexity index is 395. The monoisotopic (exact) mass is 373 g/mol. The fourth-order valence-electron chi connectivity index (χ4n) is 2.70. The lowest BCUT2D eigenvalue weighted by molar-refractivity contribution is 0.475. The number of benzene rings is 1. The van der Waals surface area contributed by atoms with Crippen molar-refractivity contribution in [2.45, 2.75) is 71.3 Å². The van der Waals surface area contributed by atoms with Crippen LogP contribution in [0.15, 0.2) is 22.7 Å². The molecule has 120 valence electrons. The Kier molecular flexibility index (Phi) is 10.4. The molecule has 0 heterocycles. The van der Waals surface area contributed by atoms with Crippen molar-refractivity contribution < 1.29 is 0 Å². The molecule has 0 saturated carbocycles. The fraction of sp³-hybridized carbons (Fsp3) is 0.667. The van der Waals surface area contributed by atoms with Crippen molar-refractivity contribution in [2.75, 3.05) is 6.54 Å². The summed E-state index contributed by atoms with van der Waals surface area (Å²) in [6.45, 7) is 5.40. The Labute approximate surface area is 144 Å². The summed E-state index contributed by atoms with van der Waals surface area (Å²) in [6.07, 6.45) is 10.6. The first-order valence-electron chi connectivity index (χ1n) is 8.37. The van der Waals surface area contributed by atoms with Crippen LogP contribution >= 0.6 is 27.5 Å². The molecule has 1 aromatic carbocycles. The van der Waals surface area contributed by atoms with E-state index in [1.54, 1.807) is 0 Å². The highest BCUT2D eigenvalue weighted by atomic mass is 79.9. The Balaban J connectivity index is 2.41. The van der Waals surface area contributed by atoms with Gasteiger partial charge in [-0.2, -0.15) is 0 Å². The van der Waals surface area contributed by atoms with E-state index in [4.69, 9.17) is 11.6 Å². The first-order valence-corrected chi connectivity index (χ1v) is 9.54. The van der Waals surface area contributed by atoms with Crippen molar-refractivity contribution in [1.82, 2.24) is 5.32 Å². The van der Waals surface area contributed by atoms with Crippen molar-refractivity contribution in [2.24, 2.45) is 0 Å². The third-order valence-corrected chi connectivity index (χ3v) is 4.72. The molecule has 0 aliphatic heterocycles. The number of rotatable bonds is 11. The van der Waals surface area contributed by atoms with Crippen LogP contribution in [-0.2, 0) is 0 Å². The molecule has 1 aromatic rings. The van der Waals surface area contributed by atoms with Crippen molar-refractivity contribution in [3.8, 4) is 0 Å². The number of hydrogen-bond acceptors (Lipinski definition) is 1. The average molecular weight is 375 g/mol. The van der Waals surface area contributed by atoms with Gasteiger partial charge in [0.1, 0.15) is 0 Å². The van der Waals surface area contributed by atoms with Crippen LogP contribution < -0.4 is 5.32 Å². The lowest BCUT2D eigenvalue weighted by Crippen LogP contribution is -2.21. The number of hydrogen-bond donors (Lipinski definition) is 1. The highest BCUT2D eigenvalue weighted by molar-refractivity contribution is 9.10. The van der Waals surface area contributed by atoms with Gasteiger partial charge in [0, 0.05) is 15.5 Å². The van der Waals surface area contributed by atoms with Gasteiger partial charge in [-0.25, -0.2) is 0 Å². The summed E-state index contributed by atoms with van der Waals surface area (Å²) in [7, 11) is 0. The molecule has 3 heteroatoms. The first kappa shape index (κ1) is 19.0. The first-order chi connectivity index (χ1) is 10.2. The van der Waals surface area contributed by atoms with Crippen LogP contribution in [0.2, 0.25) is 5.02 Å². The molecule has 1 unspecified atom stereocenters. The van der Waals surface area contributed by atoms with Crippen LogP contribution in [-0.4, -0.2) is 6.54 Å². The molecule has 0 aromatic heterocycles. The second-order valence-corrected chi connectivity index (χ2v) is 7.01. The maximum Gasteiger partial charge on any atom is 0.0454 e. The quantitative estimate of drug-likeness (QED) is 0.416. The van der Waals surface area contributed by atoms with E-state index < -0.39 is 0 Å². The molecule has 1 nitrogen and oxygen atoms in total. The molecule has 1 N–H and O–H groups in total. The number of unbranched alkanes of at least 4 members (excludes halogenated alkanes) is 6. The van der Waals surface area contributed by atoms with Crippen molar-refractivity contribution in [1.29, 1.82) is 0 Å². The molecule has 0 radical (unpaired) electrons. The lowest BCUT2D eigenvalue weighted by Gasteiger charge is -2.20. The van der Waals surface area contributed by atoms with Crippen LogP contribution in [0.5, 0.6) is 0 Å². The summed E-state index contributed by atoms with van der Waals surface area (Å²) in [4.78, 5) is 0. The molecule has 0 aliphatic rings. The zero-order valence-electron chi connectivity index (χ0n) is 13.4. The van der Waals surface area contributed by atoms with E-state index in [2.05, 4.69) is 41.2 Å². The van der Waals surface area contributed by atoms with E-state index in [9.17, 15) is 0 Å². The summed E-state index contributed by atoms with van der Waals surface area (Å²) < 4.78 is 1.10. The van der Waals surface area contributed by atoms with Crippen LogP contribution in [0, 0.1) is 0 Å². The highest BCUT2D eigenvalue weighted by Gasteiger charge is 2.13. The minimum absolute atomic E-state index is 0.371. The zero-order valence-corrected chi connectivity index (χ0v) is 15.8. The van der Waals surface area contributed by atoms with E-state index in [0.29, 0.717) is 6.04 Å². The van der Waals surface area contributed by atoms with E-state index in [-0.39, 0.29) is 0 Å². The second-order valence-electron chi connectivity index (χ2n) is 5.69. The summed E-state index contributed by atoms with van der Waals surface area (Å²) in [6, 6.07) is 6.51. The summed E-state index contributed by atoms with van der Waals surface area (Å²) in [5.74, 6) is 0. The largest absolute Gasteiger partial charge is 0.310 e. The van der Waals surface area contributed by atoms with Gasteiger partial charge in [0.05, 0.1) is 0 Å². The van der Waals surface area contributed by atoms with Gasteiger partial charge in [0.2, 0.25) is 0 Å². The standard InChI is InChI=1S/C18H29BrClN/c1-3-5-6-7-8-9-10-11-18(21-4-2)16-14-15(19)12-13-17(16)20/h12-14,18,21H,3-11H2,1-2H3. The van der Waals surface area contributed by atoms with Crippen LogP contribution in [0.25, 0.3) is 0 Å². The van der Waals surface area contributed by atoms with Gasteiger partial charge < -0.3 is 5.32 Å². The predicted octanol–water partition coefficient (Wildman–Crippen LogP) is 6.89. The van der Waals surface area contributed by atoms with Gasteiger partial charge in [-0.05, 0) is 36.7 Å². The fourth-order valence-corrected chi connectivity index (χ4v) is 3.33. The molecule has 1 rings (SSSR count). The highest BCUT2D eigenvalue weighted by Crippen LogP contribution is 2.29. The summed E-state index contributed by atoms with van der Waals surface area (Å²) in [5.41, 5.74) is 1.22. The van der Waals surface area contributed by atoms with Crippen LogP contribution in [0.1, 0.15) is 76.8 Å². The molecule has 1 atom stereocenters. The molecule has 0 bridgehead atoms. The van der Waals surface area contributed by atoms with Gasteiger partial charge in [-0.1, -0.05) is 86.3 Å². The van der Waals surface area contributed by atoms with Crippen LogP contribution in [0.3, 0.4) is 0 Å². The number of halogens is 2. The minimum atomic E-state index is 0.371. The zero-order chi connectivity index (χ0) is 15.5. The minimum Gasteiger partial charge on any atom is -0.310 e. The third-order valence-electron chi connectivity index (χ3n) is 3.88. The third kappa shape index (κ3) is 7.67. The van der Waals surface area contributed by atoms with Crippen LogP contribution in [0.4, 0.5) is 0 Å². The van der Waals surface area contributed by atoms with Crippen molar-refractivity contribution in [3.63, 3.8) is 0 Å². The number of nitrogens with one attached hydrogen (secondary N) is 1. The van der Waals surface area contributed by atoms with E-state index in [1.165, 1.54) is 50.5 Å². The van der Waals surface area contributed by atoms with E-state index in [1.807, 2.05) is 12.1 Å². The summed E-state index contributed by atoms with van der Waals surface area (Å²) in [5, 5.41) is 4.44. The Morgan fingerprint density at radius 2 is 1.71 bits per heavy atom. The van der Waals surface area contributed by atoms with Crippen molar-refractivity contribution in [3.05, 3.63) is 33.3 Å². The smallest absolute Gasteiger partial charge is 0.0454 e. The second kappa shape index (κ2) is 11.5. The Morgan fingerprint density at radius 1 is 1.05 bits per heavy atom. The Morgan fingerprint density at radius 3 is 2.38 bits per heavy atom. The molecule has 0 saturated heterocycles. The summed E-state index contributed by atoms with van der Waals surface area (Å²) >= 11 is 9.91. The lowest BCUT2D eigenvalue weighted by atomic mass is 9.99. The van der Waals surface area contributed by atoms with Gasteiger partial charge in [0.15, 0.2) is 0 Å². The molecular formula is C18H29BrClN. The molecule has 0 amide bonds. The predicted molar refractivity (Wildman–Crippen MR) is 98.2 cm³/mol. The van der Waals surface area contributed by atoms with Crippen molar-refractivity contribution >= 4 is 27.5 Å². The normalized spacial score (nSPS) is 12.6. The van der Waals surface area contributed by atoms with E-state index >= 15 is 0 Å². The molecule has 0 aliphatic carbocycles. The topological polar surface area (TPSA) is 12.0 Å². The SMILES string of the molecule is CCCCCCCCCC(NCC)c1cc(Br)ccc1Cl. The Hall–Kier alpha value is -0.0500. The average Bonchev–Trinajstić information content (AvgIpc) is 2.48. The van der Waals surface area contributed by atoms with Gasteiger partial charge >= 0.3 is 0 Å². The van der Waals surface area contributed by atoms with E-state index in [0.717, 1.165) is 22.5 Å². The maximum atomic E-state index is 6.36. The molecule has 0 fully saturated rings. The molecular weight excluding hydrogens is 346 g/mol. The van der Waals surface area contributed by atoms with Gasteiger partial charge in [0.25, 0.3) is 0 Å².